The number of carbonyl (C=O) groups is 1. The van der Waals surface area contributed by atoms with Crippen molar-refractivity contribution in [2.24, 2.45) is 0 Å². The van der Waals surface area contributed by atoms with Gasteiger partial charge in [-0.3, -0.25) is 10.2 Å². The number of hydrogen-bond donors (Lipinski definition) is 3. The Balaban J connectivity index is 1.25. The smallest absolute Gasteiger partial charge is 0.296 e. The van der Waals surface area contributed by atoms with Gasteiger partial charge >= 0.3 is 0 Å². The van der Waals surface area contributed by atoms with Crippen molar-refractivity contribution in [2.75, 3.05) is 13.2 Å². The molecule has 1 amide bonds. The molecule has 9 nitrogen and oxygen atoms in total. The number of hydrazine groups is 1. The van der Waals surface area contributed by atoms with Crippen LogP contribution in [0.25, 0.3) is 22.4 Å². The molecular weight excluding hydrogens is 422 g/mol. The zero-order valence-corrected chi connectivity index (χ0v) is 17.2. The number of rotatable bonds is 4. The SMILES string of the molecule is O=C1CC(c2ccc(-c3nc4nc(OC5CO[C@@H]6CCO[C@H]56)[nH]c4cc3Cl)cc2)NN1. The lowest BCUT2D eigenvalue weighted by Gasteiger charge is -2.15. The molecule has 10 heteroatoms. The lowest BCUT2D eigenvalue weighted by Crippen LogP contribution is -2.32. The largest absolute Gasteiger partial charge is 0.456 e. The van der Waals surface area contributed by atoms with Gasteiger partial charge in [-0.05, 0) is 18.1 Å². The summed E-state index contributed by atoms with van der Waals surface area (Å²) in [7, 11) is 0. The van der Waals surface area contributed by atoms with Gasteiger partial charge in [0, 0.05) is 18.6 Å². The number of carbonyl (C=O) groups excluding carboxylic acids is 1. The number of ether oxygens (including phenoxy) is 3. The topological polar surface area (TPSA) is 110 Å². The molecule has 3 aliphatic rings. The summed E-state index contributed by atoms with van der Waals surface area (Å²) in [6.45, 7) is 1.17. The minimum atomic E-state index is -0.193. The Labute approximate surface area is 182 Å². The number of hydrogen-bond acceptors (Lipinski definition) is 7. The number of imidazole rings is 1. The molecule has 0 bridgehead atoms. The van der Waals surface area contributed by atoms with Crippen LogP contribution in [0.15, 0.2) is 30.3 Å². The van der Waals surface area contributed by atoms with Gasteiger partial charge in [0.1, 0.15) is 6.10 Å². The van der Waals surface area contributed by atoms with Crippen LogP contribution in [0.5, 0.6) is 6.01 Å². The second kappa shape index (κ2) is 7.45. The van der Waals surface area contributed by atoms with E-state index in [2.05, 4.69) is 25.8 Å². The number of pyridine rings is 1. The van der Waals surface area contributed by atoms with E-state index in [4.69, 9.17) is 25.8 Å². The summed E-state index contributed by atoms with van der Waals surface area (Å²) in [5.41, 5.74) is 9.33. The third-order valence-corrected chi connectivity index (χ3v) is 6.24. The summed E-state index contributed by atoms with van der Waals surface area (Å²) in [4.78, 5) is 23.7. The van der Waals surface area contributed by atoms with Crippen molar-refractivity contribution < 1.29 is 19.0 Å². The average molecular weight is 442 g/mol. The first kappa shape index (κ1) is 19.0. The van der Waals surface area contributed by atoms with E-state index < -0.39 is 0 Å². The maximum absolute atomic E-state index is 11.4. The van der Waals surface area contributed by atoms with Crippen molar-refractivity contribution in [3.8, 4) is 17.3 Å². The summed E-state index contributed by atoms with van der Waals surface area (Å²) < 4.78 is 17.5. The summed E-state index contributed by atoms with van der Waals surface area (Å²) in [6.07, 6.45) is 1.16. The number of amides is 1. The van der Waals surface area contributed by atoms with Crippen LogP contribution in [-0.2, 0) is 14.3 Å². The molecule has 6 rings (SSSR count). The molecule has 31 heavy (non-hydrogen) atoms. The first-order valence-electron chi connectivity index (χ1n) is 10.2. The van der Waals surface area contributed by atoms with Crippen LogP contribution < -0.4 is 15.6 Å². The van der Waals surface area contributed by atoms with E-state index in [0.717, 1.165) is 17.5 Å². The van der Waals surface area contributed by atoms with Crippen LogP contribution in [0.1, 0.15) is 24.4 Å². The molecule has 2 unspecified atom stereocenters. The molecule has 4 atom stereocenters. The Hall–Kier alpha value is -2.72. The minimum Gasteiger partial charge on any atom is -0.456 e. The van der Waals surface area contributed by atoms with Crippen LogP contribution in [-0.4, -0.2) is 52.4 Å². The van der Waals surface area contributed by atoms with Gasteiger partial charge in [-0.2, -0.15) is 4.98 Å². The number of nitrogens with one attached hydrogen (secondary N) is 3. The molecule has 3 fully saturated rings. The number of aromatic amines is 1. The number of H-pyrrole nitrogens is 1. The fourth-order valence-corrected chi connectivity index (χ4v) is 4.62. The molecule has 3 saturated heterocycles. The molecule has 3 N–H and O–H groups in total. The van der Waals surface area contributed by atoms with Crippen molar-refractivity contribution in [3.63, 3.8) is 0 Å². The lowest BCUT2D eigenvalue weighted by atomic mass is 10.0. The summed E-state index contributed by atoms with van der Waals surface area (Å²) >= 11 is 6.52. The Morgan fingerprint density at radius 3 is 2.84 bits per heavy atom. The van der Waals surface area contributed by atoms with Crippen LogP contribution in [0.3, 0.4) is 0 Å². The van der Waals surface area contributed by atoms with E-state index in [9.17, 15) is 4.79 Å². The Kier molecular flexibility index (Phi) is 4.57. The predicted octanol–water partition coefficient (Wildman–Crippen LogP) is 2.28. The van der Waals surface area contributed by atoms with Crippen molar-refractivity contribution in [3.05, 3.63) is 40.9 Å². The van der Waals surface area contributed by atoms with Gasteiger partial charge in [-0.25, -0.2) is 10.4 Å². The number of fused-ring (bicyclic) bond motifs is 2. The highest BCUT2D eigenvalue weighted by atomic mass is 35.5. The molecule has 160 valence electrons. The van der Waals surface area contributed by atoms with Crippen molar-refractivity contribution in [1.82, 2.24) is 25.8 Å². The molecule has 3 aromatic rings. The summed E-state index contributed by atoms with van der Waals surface area (Å²) in [5, 5.41) is 0.509. The molecule has 0 radical (unpaired) electrons. The monoisotopic (exact) mass is 441 g/mol. The second-order valence-corrected chi connectivity index (χ2v) is 8.36. The third-order valence-electron chi connectivity index (χ3n) is 5.95. The van der Waals surface area contributed by atoms with Gasteiger partial charge in [0.15, 0.2) is 11.8 Å². The van der Waals surface area contributed by atoms with E-state index >= 15 is 0 Å². The zero-order chi connectivity index (χ0) is 20.9. The van der Waals surface area contributed by atoms with Crippen LogP contribution in [0.2, 0.25) is 5.02 Å². The maximum atomic E-state index is 11.4. The predicted molar refractivity (Wildman–Crippen MR) is 111 cm³/mol. The van der Waals surface area contributed by atoms with Gasteiger partial charge in [0.2, 0.25) is 5.91 Å². The zero-order valence-electron chi connectivity index (χ0n) is 16.4. The fourth-order valence-electron chi connectivity index (χ4n) is 4.36. The molecule has 0 saturated carbocycles. The fraction of sp³-hybridized carbons (Fsp3) is 0.381. The van der Waals surface area contributed by atoms with Crippen molar-refractivity contribution >= 4 is 28.7 Å². The van der Waals surface area contributed by atoms with E-state index in [1.807, 2.05) is 24.3 Å². The first-order valence-corrected chi connectivity index (χ1v) is 10.6. The van der Waals surface area contributed by atoms with E-state index in [-0.39, 0.29) is 30.3 Å². The van der Waals surface area contributed by atoms with E-state index in [1.54, 1.807) is 6.07 Å². The molecule has 2 aromatic heterocycles. The standard InChI is InChI=1S/C21H20ClN5O4/c22-12-7-14-20(25-21(23-14)31-16-9-30-15-5-6-29-19(15)16)24-18(12)11-3-1-10(2-4-11)13-8-17(28)27-26-13/h1-4,7,13,15-16,19,26H,5-6,8-9H2,(H,27,28)(H,23,24,25)/t13?,15-,16?,19+/m1/s1. The highest BCUT2D eigenvalue weighted by molar-refractivity contribution is 6.33. The Morgan fingerprint density at radius 1 is 1.16 bits per heavy atom. The second-order valence-electron chi connectivity index (χ2n) is 7.96. The van der Waals surface area contributed by atoms with Gasteiger partial charge in [-0.15, -0.1) is 0 Å². The van der Waals surface area contributed by atoms with Crippen molar-refractivity contribution in [2.45, 2.75) is 37.2 Å². The molecule has 1 aromatic carbocycles. The number of halogens is 1. The Morgan fingerprint density at radius 2 is 2.03 bits per heavy atom. The lowest BCUT2D eigenvalue weighted by molar-refractivity contribution is -0.119. The average Bonchev–Trinajstić information content (AvgIpc) is 3.53. The Bertz CT molecular complexity index is 1150. The van der Waals surface area contributed by atoms with Gasteiger partial charge in [0.05, 0.1) is 35.0 Å². The molecular formula is C21H20ClN5O4. The van der Waals surface area contributed by atoms with Crippen molar-refractivity contribution in [1.29, 1.82) is 0 Å². The number of nitrogens with zero attached hydrogens (tertiary/aromatic N) is 2. The van der Waals surface area contributed by atoms with Gasteiger partial charge in [-0.1, -0.05) is 35.9 Å². The van der Waals surface area contributed by atoms with Gasteiger partial charge in [0.25, 0.3) is 6.01 Å². The van der Waals surface area contributed by atoms with Crippen LogP contribution in [0.4, 0.5) is 0 Å². The van der Waals surface area contributed by atoms with E-state index in [1.165, 1.54) is 0 Å². The highest BCUT2D eigenvalue weighted by Crippen LogP contribution is 2.32. The van der Waals surface area contributed by atoms with Crippen LogP contribution >= 0.6 is 11.6 Å². The molecule has 0 aliphatic carbocycles. The molecule has 0 spiro atoms. The number of aromatic nitrogens is 3. The summed E-state index contributed by atoms with van der Waals surface area (Å²) in [5.74, 6) is -0.0139. The van der Waals surface area contributed by atoms with E-state index in [0.29, 0.717) is 47.5 Å². The first-order chi connectivity index (χ1) is 15.1. The third kappa shape index (κ3) is 3.43. The molecule has 5 heterocycles. The molecule has 3 aliphatic heterocycles. The normalized spacial score (nSPS) is 27.6. The maximum Gasteiger partial charge on any atom is 0.296 e. The van der Waals surface area contributed by atoms with Crippen LogP contribution in [0, 0.1) is 0 Å². The quantitative estimate of drug-likeness (QED) is 0.569. The van der Waals surface area contributed by atoms with Gasteiger partial charge < -0.3 is 19.2 Å². The highest BCUT2D eigenvalue weighted by Gasteiger charge is 2.43. The summed E-state index contributed by atoms with van der Waals surface area (Å²) in [6, 6.07) is 9.95. The minimum absolute atomic E-state index is 0.0139. The number of benzene rings is 1.